The van der Waals surface area contributed by atoms with Crippen molar-refractivity contribution >= 4 is 11.8 Å². The van der Waals surface area contributed by atoms with Gasteiger partial charge in [-0.25, -0.2) is 0 Å². The molecule has 4 heteroatoms. The summed E-state index contributed by atoms with van der Waals surface area (Å²) in [6.45, 7) is 3.17. The molecule has 2 N–H and O–H groups in total. The second-order valence-electron chi connectivity index (χ2n) is 4.34. The van der Waals surface area contributed by atoms with Crippen molar-refractivity contribution in [3.63, 3.8) is 0 Å². The van der Waals surface area contributed by atoms with Crippen LogP contribution < -0.4 is 5.84 Å². The largest absolute Gasteiger partial charge is 0.299 e. The molecule has 1 aromatic rings. The van der Waals surface area contributed by atoms with Gasteiger partial charge in [0.2, 0.25) is 0 Å². The number of likely N-dealkylation sites (tertiary alicyclic amines) is 1. The van der Waals surface area contributed by atoms with Crippen molar-refractivity contribution < 1.29 is 0 Å². The zero-order valence-electron chi connectivity index (χ0n) is 9.35. The summed E-state index contributed by atoms with van der Waals surface area (Å²) in [6, 6.07) is 10.9. The number of hydrogen-bond donors (Lipinski definition) is 1. The van der Waals surface area contributed by atoms with Crippen LogP contribution in [0.2, 0.25) is 0 Å². The zero-order valence-corrected chi connectivity index (χ0v) is 10.1. The van der Waals surface area contributed by atoms with Gasteiger partial charge in [-0.15, -0.1) is 0 Å². The highest BCUT2D eigenvalue weighted by molar-refractivity contribution is 6.13. The van der Waals surface area contributed by atoms with Crippen LogP contribution in [0.4, 0.5) is 0 Å². The minimum Gasteiger partial charge on any atom is -0.299 e. The molecular formula is C12H18ClN3. The Morgan fingerprint density at radius 3 is 2.44 bits per heavy atom. The maximum absolute atomic E-state index is 5.76. The highest BCUT2D eigenvalue weighted by Crippen LogP contribution is 2.17. The van der Waals surface area contributed by atoms with Gasteiger partial charge < -0.3 is 0 Å². The van der Waals surface area contributed by atoms with Crippen LogP contribution in [0.15, 0.2) is 30.3 Å². The quantitative estimate of drug-likeness (QED) is 0.497. The topological polar surface area (TPSA) is 32.5 Å². The third-order valence-corrected chi connectivity index (χ3v) is 3.43. The van der Waals surface area contributed by atoms with Crippen molar-refractivity contribution in [2.45, 2.75) is 25.4 Å². The summed E-state index contributed by atoms with van der Waals surface area (Å²) in [5.41, 5.74) is 1.37. The van der Waals surface area contributed by atoms with Gasteiger partial charge in [-0.3, -0.25) is 10.7 Å². The van der Waals surface area contributed by atoms with Crippen LogP contribution >= 0.6 is 11.8 Å². The zero-order chi connectivity index (χ0) is 11.4. The van der Waals surface area contributed by atoms with Crippen LogP contribution in [-0.4, -0.2) is 28.6 Å². The molecule has 0 bridgehead atoms. The molecule has 1 aliphatic heterocycles. The third kappa shape index (κ3) is 3.19. The molecule has 0 unspecified atom stereocenters. The lowest BCUT2D eigenvalue weighted by atomic mass is 10.1. The standard InChI is InChI=1S/C12H18ClN3/c13-16(14)12-6-8-15(9-7-12)10-11-4-2-1-3-5-11/h1-5,12H,6-10,14H2. The third-order valence-electron chi connectivity index (χ3n) is 3.15. The molecule has 1 aliphatic rings. The molecule has 16 heavy (non-hydrogen) atoms. The van der Waals surface area contributed by atoms with Gasteiger partial charge in [0.25, 0.3) is 0 Å². The second-order valence-corrected chi connectivity index (χ2v) is 4.73. The van der Waals surface area contributed by atoms with E-state index in [4.69, 9.17) is 17.6 Å². The number of piperidine rings is 1. The highest BCUT2D eigenvalue weighted by atomic mass is 35.5. The summed E-state index contributed by atoms with van der Waals surface area (Å²) >= 11 is 5.76. The van der Waals surface area contributed by atoms with E-state index in [-0.39, 0.29) is 0 Å². The Labute approximate surface area is 102 Å². The van der Waals surface area contributed by atoms with E-state index in [1.54, 1.807) is 0 Å². The van der Waals surface area contributed by atoms with Crippen molar-refractivity contribution in [3.8, 4) is 0 Å². The first-order valence-corrected chi connectivity index (χ1v) is 6.05. The summed E-state index contributed by atoms with van der Waals surface area (Å²) in [6.07, 6.45) is 2.10. The van der Waals surface area contributed by atoms with Crippen molar-refractivity contribution in [2.75, 3.05) is 13.1 Å². The molecule has 0 radical (unpaired) electrons. The fourth-order valence-electron chi connectivity index (χ4n) is 2.17. The highest BCUT2D eigenvalue weighted by Gasteiger charge is 2.21. The van der Waals surface area contributed by atoms with Crippen molar-refractivity contribution in [2.24, 2.45) is 5.84 Å². The first-order chi connectivity index (χ1) is 7.75. The molecular weight excluding hydrogens is 222 g/mol. The Morgan fingerprint density at radius 2 is 1.88 bits per heavy atom. The van der Waals surface area contributed by atoms with Crippen molar-refractivity contribution in [1.29, 1.82) is 0 Å². The molecule has 1 fully saturated rings. The van der Waals surface area contributed by atoms with Gasteiger partial charge in [0.05, 0.1) is 0 Å². The van der Waals surface area contributed by atoms with Crippen LogP contribution in [0.5, 0.6) is 0 Å². The number of nitrogens with zero attached hydrogens (tertiary/aromatic N) is 2. The summed E-state index contributed by atoms with van der Waals surface area (Å²) in [4.78, 5) is 2.45. The molecule has 1 aromatic carbocycles. The van der Waals surface area contributed by atoms with Crippen LogP contribution in [0.25, 0.3) is 0 Å². The van der Waals surface area contributed by atoms with E-state index in [0.29, 0.717) is 6.04 Å². The molecule has 0 atom stereocenters. The number of rotatable bonds is 3. The average molecular weight is 240 g/mol. The number of hydrazine groups is 1. The molecule has 2 rings (SSSR count). The SMILES string of the molecule is NN(Cl)C1CCN(Cc2ccccc2)CC1. The van der Waals surface area contributed by atoms with Gasteiger partial charge in [0.15, 0.2) is 0 Å². The van der Waals surface area contributed by atoms with Gasteiger partial charge in [-0.2, -0.15) is 4.53 Å². The first-order valence-electron chi connectivity index (χ1n) is 5.71. The molecule has 1 saturated heterocycles. The Balaban J connectivity index is 1.82. The van der Waals surface area contributed by atoms with E-state index >= 15 is 0 Å². The lowest BCUT2D eigenvalue weighted by Crippen LogP contribution is -2.43. The monoisotopic (exact) mass is 239 g/mol. The molecule has 88 valence electrons. The van der Waals surface area contributed by atoms with Gasteiger partial charge in [-0.1, -0.05) is 30.3 Å². The fourth-order valence-corrected chi connectivity index (χ4v) is 2.36. The number of hydrogen-bond acceptors (Lipinski definition) is 3. The minimum atomic E-state index is 0.327. The van der Waals surface area contributed by atoms with Crippen molar-refractivity contribution in [1.82, 2.24) is 9.43 Å². The lowest BCUT2D eigenvalue weighted by molar-refractivity contribution is 0.156. The number of halogens is 1. The normalized spacial score (nSPS) is 19.2. The maximum atomic E-state index is 5.76. The van der Waals surface area contributed by atoms with Gasteiger partial charge in [0.1, 0.15) is 0 Å². The Hall–Kier alpha value is -0.610. The van der Waals surface area contributed by atoms with Crippen LogP contribution in [0.1, 0.15) is 18.4 Å². The smallest absolute Gasteiger partial charge is 0.0430 e. The minimum absolute atomic E-state index is 0.327. The molecule has 0 saturated carbocycles. The molecule has 0 spiro atoms. The van der Waals surface area contributed by atoms with Gasteiger partial charge >= 0.3 is 0 Å². The predicted octanol–water partition coefficient (Wildman–Crippen LogP) is 1.98. The van der Waals surface area contributed by atoms with E-state index in [1.165, 1.54) is 10.1 Å². The van der Waals surface area contributed by atoms with Crippen LogP contribution in [-0.2, 0) is 6.54 Å². The van der Waals surface area contributed by atoms with E-state index in [0.717, 1.165) is 32.5 Å². The second kappa shape index (κ2) is 5.64. The molecule has 0 amide bonds. The fraction of sp³-hybridized carbons (Fsp3) is 0.500. The molecule has 3 nitrogen and oxygen atoms in total. The van der Waals surface area contributed by atoms with E-state index in [1.807, 2.05) is 0 Å². The van der Waals surface area contributed by atoms with E-state index < -0.39 is 0 Å². The Bertz CT molecular complexity index is 307. The van der Waals surface area contributed by atoms with Crippen molar-refractivity contribution in [3.05, 3.63) is 35.9 Å². The van der Waals surface area contributed by atoms with Gasteiger partial charge in [-0.05, 0) is 30.2 Å². The Morgan fingerprint density at radius 1 is 1.25 bits per heavy atom. The van der Waals surface area contributed by atoms with Crippen LogP contribution in [0.3, 0.4) is 0 Å². The summed E-state index contributed by atoms with van der Waals surface area (Å²) in [7, 11) is 0. The summed E-state index contributed by atoms with van der Waals surface area (Å²) in [5, 5.41) is 0. The average Bonchev–Trinajstić information content (AvgIpc) is 2.31. The number of nitrogens with two attached hydrogens (primary N) is 1. The maximum Gasteiger partial charge on any atom is 0.0430 e. The predicted molar refractivity (Wildman–Crippen MR) is 66.6 cm³/mol. The van der Waals surface area contributed by atoms with Crippen LogP contribution in [0, 0.1) is 0 Å². The van der Waals surface area contributed by atoms with E-state index in [2.05, 4.69) is 35.2 Å². The Kier molecular flexibility index (Phi) is 4.18. The number of benzene rings is 1. The molecule has 0 aliphatic carbocycles. The first kappa shape index (κ1) is 11.9. The van der Waals surface area contributed by atoms with E-state index in [9.17, 15) is 0 Å². The lowest BCUT2D eigenvalue weighted by Gasteiger charge is -2.33. The summed E-state index contributed by atoms with van der Waals surface area (Å²) < 4.78 is 1.33. The molecule has 0 aromatic heterocycles. The van der Waals surface area contributed by atoms with Gasteiger partial charge in [0, 0.05) is 25.7 Å². The summed E-state index contributed by atoms with van der Waals surface area (Å²) in [5.74, 6) is 5.55. The molecule has 1 heterocycles.